The van der Waals surface area contributed by atoms with Crippen molar-refractivity contribution in [2.24, 2.45) is 11.8 Å². The van der Waals surface area contributed by atoms with Crippen LogP contribution in [0.5, 0.6) is 0 Å². The first-order valence-corrected chi connectivity index (χ1v) is 24.8. The Morgan fingerprint density at radius 2 is 1.18 bits per heavy atom. The Morgan fingerprint density at radius 3 is 1.73 bits per heavy atom. The van der Waals surface area contributed by atoms with Crippen LogP contribution in [0.4, 0.5) is 0 Å². The molecule has 2 aliphatic heterocycles. The maximum Gasteiger partial charge on any atom is 0.357 e. The van der Waals surface area contributed by atoms with Gasteiger partial charge in [0.05, 0.1) is 32.5 Å². The molecule has 7 nitrogen and oxygen atoms in total. The first-order valence-electron chi connectivity index (χ1n) is 18.8. The third-order valence-electron chi connectivity index (χ3n) is 10.6. The molecule has 4 bridgehead atoms. The van der Waals surface area contributed by atoms with Crippen molar-refractivity contribution < 1.29 is 32.3 Å². The zero-order valence-corrected chi connectivity index (χ0v) is 35.1. The van der Waals surface area contributed by atoms with Gasteiger partial charge < -0.3 is 23.2 Å². The van der Waals surface area contributed by atoms with E-state index in [1.807, 2.05) is 45.5 Å². The van der Waals surface area contributed by atoms with Crippen LogP contribution in [0.15, 0.2) is 36.5 Å². The summed E-state index contributed by atoms with van der Waals surface area (Å²) in [5.41, 5.74) is 0. The predicted molar refractivity (Wildman–Crippen MR) is 213 cm³/mol. The van der Waals surface area contributed by atoms with Gasteiger partial charge in [-0.15, -0.1) is 47.9 Å². The van der Waals surface area contributed by atoms with E-state index in [0.29, 0.717) is 32.8 Å². The molecule has 2 fully saturated rings. The van der Waals surface area contributed by atoms with Crippen molar-refractivity contribution in [2.45, 2.75) is 146 Å². The molecule has 0 aromatic carbocycles. The molecule has 49 heavy (non-hydrogen) atoms. The minimum atomic E-state index is -3.46. The molecule has 0 aromatic rings. The summed E-state index contributed by atoms with van der Waals surface area (Å²) >= 11 is 10.2. The van der Waals surface area contributed by atoms with Crippen LogP contribution in [0.25, 0.3) is 0 Å². The second kappa shape index (κ2) is 17.6. The highest BCUT2D eigenvalue weighted by Crippen LogP contribution is 2.82. The number of aliphatic hydroxyl groups is 1. The molecule has 0 saturated carbocycles. The first kappa shape index (κ1) is 41.1. The van der Waals surface area contributed by atoms with Gasteiger partial charge in [-0.1, -0.05) is 87.8 Å². The van der Waals surface area contributed by atoms with Crippen LogP contribution in [0.2, 0.25) is 0 Å². The minimum Gasteiger partial charge on any atom is -0.392 e. The third kappa shape index (κ3) is 8.58. The molecule has 2 saturated heterocycles. The highest BCUT2D eigenvalue weighted by Gasteiger charge is 2.68. The van der Waals surface area contributed by atoms with E-state index in [1.54, 1.807) is 23.5 Å². The number of hydrogen-bond donors (Lipinski definition) is 2. The van der Waals surface area contributed by atoms with E-state index in [-0.39, 0.29) is 26.6 Å². The van der Waals surface area contributed by atoms with Gasteiger partial charge in [0.15, 0.2) is 7.64 Å². The minimum absolute atomic E-state index is 0.00986. The lowest BCUT2D eigenvalue weighted by Crippen LogP contribution is -2.36. The van der Waals surface area contributed by atoms with Crippen molar-refractivity contribution in [3.05, 3.63) is 36.5 Å². The molecule has 5 rings (SSSR count). The van der Waals surface area contributed by atoms with Crippen molar-refractivity contribution in [2.75, 3.05) is 26.4 Å². The van der Waals surface area contributed by atoms with Crippen LogP contribution in [0.1, 0.15) is 118 Å². The number of thioether (sulfide) groups is 3. The molecular formula is C36H60O7P2S4. The van der Waals surface area contributed by atoms with Crippen LogP contribution in [0.3, 0.4) is 0 Å². The van der Waals surface area contributed by atoms with Gasteiger partial charge in [-0.05, 0) is 66.2 Å². The normalized spacial score (nSPS) is 36.4. The van der Waals surface area contributed by atoms with Gasteiger partial charge in [0, 0.05) is 26.6 Å². The van der Waals surface area contributed by atoms with Crippen molar-refractivity contribution in [1.29, 1.82) is 0 Å². The second-order valence-corrected chi connectivity index (χ2v) is 25.9. The van der Waals surface area contributed by atoms with Gasteiger partial charge in [-0.3, -0.25) is 9.13 Å². The molecule has 280 valence electrons. The molecule has 5 aliphatic rings. The number of hydrogen-bond acceptors (Lipinski definition) is 11. The second-order valence-electron chi connectivity index (χ2n) is 14.1. The molecule has 0 aromatic heterocycles. The van der Waals surface area contributed by atoms with Gasteiger partial charge in [0.1, 0.15) is 0 Å². The molecule has 0 spiro atoms. The summed E-state index contributed by atoms with van der Waals surface area (Å²) in [5.74, 6) is 0.203. The van der Waals surface area contributed by atoms with Gasteiger partial charge in [0.25, 0.3) is 0 Å². The van der Waals surface area contributed by atoms with Crippen LogP contribution in [0, 0.1) is 11.8 Å². The smallest absolute Gasteiger partial charge is 0.357 e. The van der Waals surface area contributed by atoms with Crippen LogP contribution < -0.4 is 0 Å². The lowest BCUT2D eigenvalue weighted by molar-refractivity contribution is 0.170. The summed E-state index contributed by atoms with van der Waals surface area (Å²) in [6.45, 7) is 8.91. The Bertz CT molecular complexity index is 1280. The van der Waals surface area contributed by atoms with E-state index >= 15 is 0 Å². The fourth-order valence-corrected chi connectivity index (χ4v) is 22.1. The average molecular weight is 795 g/mol. The molecule has 7 unspecified atom stereocenters. The van der Waals surface area contributed by atoms with Gasteiger partial charge in [0.2, 0.25) is 0 Å². The lowest BCUT2D eigenvalue weighted by Gasteiger charge is -2.43. The zero-order valence-electron chi connectivity index (χ0n) is 30.0. The maximum absolute atomic E-state index is 14.6. The lowest BCUT2D eigenvalue weighted by atomic mass is 9.96. The van der Waals surface area contributed by atoms with E-state index in [2.05, 4.69) is 30.4 Å². The van der Waals surface area contributed by atoms with Crippen molar-refractivity contribution in [3.63, 3.8) is 0 Å². The molecular weight excluding hydrogens is 735 g/mol. The molecule has 13 heteroatoms. The molecule has 3 aliphatic carbocycles. The fraction of sp³-hybridized carbons (Fsp3) is 0.833. The Labute approximate surface area is 314 Å². The standard InChI is InChI=1S/C36H60O7P2S4/c1-5-40-44(38,41-6-2)35(46)29-21-25-33(27-29,48-35)23-17-13-11-9-10-12-14-18-24-34-26-22-30(28-34)36(49-34,45(39,42-7-3)43-8-4)47-32-20-16-15-19-31(32)37/h15-16,21-22,25-26,29-32,37,46H,5-14,17-20,23-24,27-28H2,1-4H3/t29?,30?,31-,32?,33?,34?,35?,36?/m1/s1. The van der Waals surface area contributed by atoms with Crippen molar-refractivity contribution >= 4 is 63.1 Å². The summed E-state index contributed by atoms with van der Waals surface area (Å²) in [4.78, 5) is 0. The van der Waals surface area contributed by atoms with E-state index in [1.165, 1.54) is 38.5 Å². The summed E-state index contributed by atoms with van der Waals surface area (Å²) in [7, 11) is -6.80. The van der Waals surface area contributed by atoms with Gasteiger partial charge in [-0.2, -0.15) is 0 Å². The molecule has 0 amide bonds. The first-order chi connectivity index (χ1) is 23.5. The highest BCUT2D eigenvalue weighted by molar-refractivity contribution is 8.26. The quantitative estimate of drug-likeness (QED) is 0.0451. The Hall–Kier alpha value is 0.880. The Morgan fingerprint density at radius 1 is 0.714 bits per heavy atom. The Kier molecular flexibility index (Phi) is 14.7. The third-order valence-corrected chi connectivity index (χ3v) is 24.5. The number of thiol groups is 1. The molecule has 0 radical (unpaired) electrons. The zero-order chi connectivity index (χ0) is 35.2. The monoisotopic (exact) mass is 794 g/mol. The summed E-state index contributed by atoms with van der Waals surface area (Å²) in [6, 6.07) is 0. The van der Waals surface area contributed by atoms with Crippen LogP contribution >= 0.6 is 63.1 Å². The Balaban J connectivity index is 1.04. The number of unbranched alkanes of at least 4 members (excludes halogenated alkanes) is 7. The summed E-state index contributed by atoms with van der Waals surface area (Å²) in [5, 5.41) is 10.8. The fourth-order valence-electron chi connectivity index (χ4n) is 8.32. The van der Waals surface area contributed by atoms with Crippen LogP contribution in [-0.4, -0.2) is 60.0 Å². The van der Waals surface area contributed by atoms with E-state index < -0.39 is 28.9 Å². The molecule has 1 N–H and O–H groups in total. The largest absolute Gasteiger partial charge is 0.392 e. The molecule has 8 atom stereocenters. The topological polar surface area (TPSA) is 91.3 Å². The van der Waals surface area contributed by atoms with Crippen molar-refractivity contribution in [1.82, 2.24) is 0 Å². The summed E-state index contributed by atoms with van der Waals surface area (Å²) in [6.07, 6.45) is 28.1. The van der Waals surface area contributed by atoms with Crippen LogP contribution in [-0.2, 0) is 27.2 Å². The number of fused-ring (bicyclic) bond motifs is 4. The predicted octanol–water partition coefficient (Wildman–Crippen LogP) is 11.6. The average Bonchev–Trinajstić information content (AvgIpc) is 3.82. The summed E-state index contributed by atoms with van der Waals surface area (Å²) < 4.78 is 50.2. The van der Waals surface area contributed by atoms with E-state index in [0.717, 1.165) is 44.9 Å². The number of rotatable bonds is 23. The van der Waals surface area contributed by atoms with E-state index in [9.17, 15) is 14.2 Å². The van der Waals surface area contributed by atoms with Crippen molar-refractivity contribution in [3.8, 4) is 0 Å². The SMILES string of the molecule is CCOP(=O)(OCC)C1(S)SC2(CCCCCCCCCCC34C=CC(C3)C(SC3CC=CC[C@H]3O)(P(=O)(OCC)OCC)S4)C=CC1C2. The number of allylic oxidation sites excluding steroid dienone is 3. The number of aliphatic hydroxyl groups excluding tert-OH is 1. The maximum atomic E-state index is 14.6. The highest BCUT2D eigenvalue weighted by atomic mass is 32.2. The molecule has 2 heterocycles. The van der Waals surface area contributed by atoms with Gasteiger partial charge >= 0.3 is 15.2 Å². The van der Waals surface area contributed by atoms with E-state index in [4.69, 9.17) is 30.7 Å². The van der Waals surface area contributed by atoms with Gasteiger partial charge in [-0.25, -0.2) is 0 Å².